The number of ether oxygens (including phenoxy) is 1. The highest BCUT2D eigenvalue weighted by Crippen LogP contribution is 2.23. The first-order valence-electron chi connectivity index (χ1n) is 6.41. The molecule has 0 aliphatic heterocycles. The standard InChI is InChI=1S/C15H22O2/c1-4-9-12(3)14(16)15(17-5-2)13-10-7-6-8-11-13/h6-8,10-12,15H,4-5,9H2,1-3H3. The number of carbonyl (C=O) groups is 1. The SMILES string of the molecule is CCCC(C)C(=O)C(OCC)c1ccccc1. The van der Waals surface area contributed by atoms with Gasteiger partial charge in [0.25, 0.3) is 0 Å². The van der Waals surface area contributed by atoms with Crippen molar-refractivity contribution >= 4 is 5.78 Å². The molecule has 0 saturated carbocycles. The summed E-state index contributed by atoms with van der Waals surface area (Å²) in [6, 6.07) is 9.75. The van der Waals surface area contributed by atoms with Gasteiger partial charge in [-0.2, -0.15) is 0 Å². The maximum atomic E-state index is 12.3. The molecule has 0 aliphatic rings. The number of carbonyl (C=O) groups excluding carboxylic acids is 1. The van der Waals surface area contributed by atoms with Crippen molar-refractivity contribution in [2.24, 2.45) is 5.92 Å². The highest BCUT2D eigenvalue weighted by molar-refractivity contribution is 5.86. The van der Waals surface area contributed by atoms with Crippen molar-refractivity contribution in [2.75, 3.05) is 6.61 Å². The van der Waals surface area contributed by atoms with Gasteiger partial charge in [0.15, 0.2) is 5.78 Å². The van der Waals surface area contributed by atoms with Crippen LogP contribution in [0.1, 0.15) is 45.3 Å². The molecule has 0 radical (unpaired) electrons. The predicted molar refractivity (Wildman–Crippen MR) is 69.9 cm³/mol. The summed E-state index contributed by atoms with van der Waals surface area (Å²) in [7, 11) is 0. The van der Waals surface area contributed by atoms with Crippen LogP contribution in [0.2, 0.25) is 0 Å². The van der Waals surface area contributed by atoms with Crippen LogP contribution in [-0.2, 0) is 9.53 Å². The van der Waals surface area contributed by atoms with Gasteiger partial charge in [0.2, 0.25) is 0 Å². The molecule has 2 atom stereocenters. The molecule has 0 fully saturated rings. The third-order valence-corrected chi connectivity index (χ3v) is 2.90. The molecule has 94 valence electrons. The van der Waals surface area contributed by atoms with Gasteiger partial charge in [-0.05, 0) is 18.9 Å². The molecule has 0 bridgehead atoms. The molecule has 1 aromatic carbocycles. The summed E-state index contributed by atoms with van der Waals surface area (Å²) >= 11 is 0. The monoisotopic (exact) mass is 234 g/mol. The predicted octanol–water partition coefficient (Wildman–Crippen LogP) is 3.77. The topological polar surface area (TPSA) is 26.3 Å². The fourth-order valence-corrected chi connectivity index (χ4v) is 1.97. The average Bonchev–Trinajstić information content (AvgIpc) is 2.36. The van der Waals surface area contributed by atoms with E-state index in [-0.39, 0.29) is 11.7 Å². The van der Waals surface area contributed by atoms with Gasteiger partial charge in [-0.3, -0.25) is 4.79 Å². The molecule has 0 aliphatic carbocycles. The number of ketones is 1. The summed E-state index contributed by atoms with van der Waals surface area (Å²) in [4.78, 5) is 12.3. The van der Waals surface area contributed by atoms with Gasteiger partial charge in [-0.15, -0.1) is 0 Å². The zero-order valence-corrected chi connectivity index (χ0v) is 11.0. The van der Waals surface area contributed by atoms with Crippen LogP contribution in [0.5, 0.6) is 0 Å². The second kappa shape index (κ2) is 7.23. The van der Waals surface area contributed by atoms with Gasteiger partial charge in [0.05, 0.1) is 0 Å². The van der Waals surface area contributed by atoms with E-state index < -0.39 is 6.10 Å². The lowest BCUT2D eigenvalue weighted by molar-refractivity contribution is -0.134. The lowest BCUT2D eigenvalue weighted by Gasteiger charge is -2.20. The average molecular weight is 234 g/mol. The minimum atomic E-state index is -0.400. The summed E-state index contributed by atoms with van der Waals surface area (Å²) in [5, 5.41) is 0. The molecule has 0 aromatic heterocycles. The number of Topliss-reactive ketones (excluding diaryl/α,β-unsaturated/α-hetero) is 1. The van der Waals surface area contributed by atoms with Crippen LogP contribution < -0.4 is 0 Å². The first kappa shape index (κ1) is 13.9. The Morgan fingerprint density at radius 2 is 1.88 bits per heavy atom. The van der Waals surface area contributed by atoms with E-state index in [2.05, 4.69) is 6.92 Å². The van der Waals surface area contributed by atoms with Gasteiger partial charge in [0.1, 0.15) is 6.10 Å². The van der Waals surface area contributed by atoms with Crippen molar-refractivity contribution in [3.8, 4) is 0 Å². The van der Waals surface area contributed by atoms with Crippen molar-refractivity contribution < 1.29 is 9.53 Å². The Morgan fingerprint density at radius 1 is 1.24 bits per heavy atom. The molecule has 0 amide bonds. The Kier molecular flexibility index (Phi) is 5.92. The van der Waals surface area contributed by atoms with Gasteiger partial charge < -0.3 is 4.74 Å². The van der Waals surface area contributed by atoms with Crippen molar-refractivity contribution in [3.05, 3.63) is 35.9 Å². The Labute approximate surface area is 104 Å². The third kappa shape index (κ3) is 3.97. The van der Waals surface area contributed by atoms with E-state index in [4.69, 9.17) is 4.74 Å². The molecule has 0 N–H and O–H groups in total. The fourth-order valence-electron chi connectivity index (χ4n) is 1.97. The van der Waals surface area contributed by atoms with Gasteiger partial charge in [-0.25, -0.2) is 0 Å². The number of hydrogen-bond acceptors (Lipinski definition) is 2. The number of hydrogen-bond donors (Lipinski definition) is 0. The van der Waals surface area contributed by atoms with Crippen molar-refractivity contribution in [1.29, 1.82) is 0 Å². The van der Waals surface area contributed by atoms with Crippen LogP contribution in [0, 0.1) is 5.92 Å². The first-order valence-corrected chi connectivity index (χ1v) is 6.41. The lowest BCUT2D eigenvalue weighted by Crippen LogP contribution is -2.22. The highest BCUT2D eigenvalue weighted by atomic mass is 16.5. The smallest absolute Gasteiger partial charge is 0.168 e. The number of rotatable bonds is 7. The highest BCUT2D eigenvalue weighted by Gasteiger charge is 2.24. The zero-order chi connectivity index (χ0) is 12.7. The van der Waals surface area contributed by atoms with Gasteiger partial charge in [-0.1, -0.05) is 50.6 Å². The molecule has 0 saturated heterocycles. The minimum absolute atomic E-state index is 0.0664. The normalized spacial score (nSPS) is 14.3. The van der Waals surface area contributed by atoms with Crippen molar-refractivity contribution in [3.63, 3.8) is 0 Å². The van der Waals surface area contributed by atoms with Crippen LogP contribution in [-0.4, -0.2) is 12.4 Å². The Balaban J connectivity index is 2.82. The van der Waals surface area contributed by atoms with Gasteiger partial charge in [0, 0.05) is 12.5 Å². The molecular weight excluding hydrogens is 212 g/mol. The van der Waals surface area contributed by atoms with Crippen LogP contribution in [0.4, 0.5) is 0 Å². The summed E-state index contributed by atoms with van der Waals surface area (Å²) in [6.45, 7) is 6.57. The minimum Gasteiger partial charge on any atom is -0.366 e. The maximum absolute atomic E-state index is 12.3. The molecule has 2 unspecified atom stereocenters. The maximum Gasteiger partial charge on any atom is 0.168 e. The van der Waals surface area contributed by atoms with Crippen LogP contribution in [0.25, 0.3) is 0 Å². The molecular formula is C15H22O2. The largest absolute Gasteiger partial charge is 0.366 e. The second-order valence-electron chi connectivity index (χ2n) is 4.34. The zero-order valence-electron chi connectivity index (χ0n) is 11.0. The summed E-state index contributed by atoms with van der Waals surface area (Å²) < 4.78 is 5.61. The summed E-state index contributed by atoms with van der Waals surface area (Å²) in [5.41, 5.74) is 0.960. The van der Waals surface area contributed by atoms with Crippen LogP contribution >= 0.6 is 0 Å². The number of benzene rings is 1. The van der Waals surface area contributed by atoms with Crippen molar-refractivity contribution in [2.45, 2.75) is 39.7 Å². The van der Waals surface area contributed by atoms with E-state index >= 15 is 0 Å². The Morgan fingerprint density at radius 3 is 2.41 bits per heavy atom. The molecule has 17 heavy (non-hydrogen) atoms. The molecule has 2 heteroatoms. The second-order valence-corrected chi connectivity index (χ2v) is 4.34. The summed E-state index contributed by atoms with van der Waals surface area (Å²) in [5.74, 6) is 0.261. The van der Waals surface area contributed by atoms with E-state index in [1.807, 2.05) is 44.2 Å². The Hall–Kier alpha value is -1.15. The first-order chi connectivity index (χ1) is 8.20. The van der Waals surface area contributed by atoms with Crippen LogP contribution in [0.3, 0.4) is 0 Å². The van der Waals surface area contributed by atoms with Crippen molar-refractivity contribution in [1.82, 2.24) is 0 Å². The molecule has 1 rings (SSSR count). The Bertz CT molecular complexity index is 332. The van der Waals surface area contributed by atoms with E-state index in [9.17, 15) is 4.79 Å². The lowest BCUT2D eigenvalue weighted by atomic mass is 9.93. The van der Waals surface area contributed by atoms with Gasteiger partial charge >= 0.3 is 0 Å². The molecule has 0 spiro atoms. The summed E-state index contributed by atoms with van der Waals surface area (Å²) in [6.07, 6.45) is 1.55. The van der Waals surface area contributed by atoms with E-state index in [0.29, 0.717) is 6.61 Å². The van der Waals surface area contributed by atoms with E-state index in [1.165, 1.54) is 0 Å². The quantitative estimate of drug-likeness (QED) is 0.718. The molecule has 0 heterocycles. The third-order valence-electron chi connectivity index (χ3n) is 2.90. The van der Waals surface area contributed by atoms with Crippen LogP contribution in [0.15, 0.2) is 30.3 Å². The molecule has 2 nitrogen and oxygen atoms in total. The molecule has 1 aromatic rings. The fraction of sp³-hybridized carbons (Fsp3) is 0.533. The van der Waals surface area contributed by atoms with E-state index in [1.54, 1.807) is 0 Å². The van der Waals surface area contributed by atoms with E-state index in [0.717, 1.165) is 18.4 Å².